The van der Waals surface area contributed by atoms with Crippen LogP contribution < -0.4 is 10.0 Å². The number of carbonyl (C=O) groups is 1. The molecular formula is C24H24ClFN2O3S2. The number of thioether (sulfide) groups is 1. The Kier molecular flexibility index (Phi) is 8.40. The maximum Gasteiger partial charge on any atom is 0.263 e. The molecule has 0 bridgehead atoms. The maximum absolute atomic E-state index is 13.6. The van der Waals surface area contributed by atoms with Crippen LogP contribution in [0.4, 0.5) is 10.1 Å². The van der Waals surface area contributed by atoms with E-state index in [9.17, 15) is 17.6 Å². The van der Waals surface area contributed by atoms with Crippen LogP contribution in [0.15, 0.2) is 65.6 Å². The Balaban J connectivity index is 1.63. The van der Waals surface area contributed by atoms with E-state index >= 15 is 0 Å². The van der Waals surface area contributed by atoms with Gasteiger partial charge in [0.25, 0.3) is 15.9 Å². The molecule has 0 aromatic heterocycles. The second-order valence-corrected chi connectivity index (χ2v) is 10.6. The quantitative estimate of drug-likeness (QED) is 0.372. The molecule has 3 aromatic rings. The molecule has 0 saturated carbocycles. The summed E-state index contributed by atoms with van der Waals surface area (Å²) in [6.07, 6.45) is 0. The molecule has 0 fully saturated rings. The van der Waals surface area contributed by atoms with E-state index in [-0.39, 0.29) is 21.3 Å². The molecule has 0 aliphatic carbocycles. The Morgan fingerprint density at radius 1 is 1.06 bits per heavy atom. The monoisotopic (exact) mass is 506 g/mol. The van der Waals surface area contributed by atoms with Gasteiger partial charge in [-0.1, -0.05) is 41.9 Å². The van der Waals surface area contributed by atoms with E-state index in [2.05, 4.69) is 10.0 Å². The van der Waals surface area contributed by atoms with E-state index in [0.29, 0.717) is 29.3 Å². The van der Waals surface area contributed by atoms with Crippen molar-refractivity contribution >= 4 is 45.0 Å². The predicted molar refractivity (Wildman–Crippen MR) is 133 cm³/mol. The number of benzene rings is 3. The molecule has 0 aliphatic rings. The number of hydrogen-bond acceptors (Lipinski definition) is 4. The Morgan fingerprint density at radius 2 is 1.82 bits per heavy atom. The van der Waals surface area contributed by atoms with Crippen molar-refractivity contribution in [3.63, 3.8) is 0 Å². The first-order valence-electron chi connectivity index (χ1n) is 10.2. The van der Waals surface area contributed by atoms with Gasteiger partial charge in [-0.25, -0.2) is 12.8 Å². The molecule has 0 spiro atoms. The standard InChI is InChI=1S/C24H24ClFN2O3S2/c1-16-7-8-17(2)22(13-16)28-33(30,31)23-14-18(9-10-20(23)25)24(29)27-11-12-32-15-19-5-3-4-6-21(19)26/h3-10,13-14,28H,11-12,15H2,1-2H3,(H,27,29). The highest BCUT2D eigenvalue weighted by Gasteiger charge is 2.21. The van der Waals surface area contributed by atoms with Crippen LogP contribution in [0.3, 0.4) is 0 Å². The smallest absolute Gasteiger partial charge is 0.263 e. The lowest BCUT2D eigenvalue weighted by Crippen LogP contribution is -2.26. The number of amides is 1. The number of rotatable bonds is 9. The number of halogens is 2. The van der Waals surface area contributed by atoms with Crippen LogP contribution in [0.5, 0.6) is 0 Å². The predicted octanol–water partition coefficient (Wildman–Crippen LogP) is 5.56. The third kappa shape index (κ3) is 6.72. The number of aryl methyl sites for hydroxylation is 2. The van der Waals surface area contributed by atoms with Crippen molar-refractivity contribution in [3.8, 4) is 0 Å². The summed E-state index contributed by atoms with van der Waals surface area (Å²) in [7, 11) is -4.00. The summed E-state index contributed by atoms with van der Waals surface area (Å²) in [5.41, 5.74) is 2.91. The summed E-state index contributed by atoms with van der Waals surface area (Å²) in [5, 5.41) is 2.77. The largest absolute Gasteiger partial charge is 0.351 e. The van der Waals surface area contributed by atoms with E-state index in [4.69, 9.17) is 11.6 Å². The van der Waals surface area contributed by atoms with Gasteiger partial charge >= 0.3 is 0 Å². The third-order valence-corrected chi connectivity index (χ3v) is 7.72. The van der Waals surface area contributed by atoms with E-state index in [0.717, 1.165) is 11.1 Å². The van der Waals surface area contributed by atoms with Gasteiger partial charge in [-0.15, -0.1) is 0 Å². The molecule has 0 atom stereocenters. The van der Waals surface area contributed by atoms with Gasteiger partial charge in [0.2, 0.25) is 0 Å². The zero-order valence-electron chi connectivity index (χ0n) is 18.2. The van der Waals surface area contributed by atoms with Gasteiger partial charge in [0.1, 0.15) is 10.7 Å². The molecule has 2 N–H and O–H groups in total. The molecule has 0 aliphatic heterocycles. The van der Waals surface area contributed by atoms with Crippen LogP contribution in [0, 0.1) is 19.7 Å². The summed E-state index contributed by atoms with van der Waals surface area (Å²) in [6, 6.07) is 16.1. The highest BCUT2D eigenvalue weighted by atomic mass is 35.5. The zero-order chi connectivity index (χ0) is 24.0. The van der Waals surface area contributed by atoms with Crippen molar-refractivity contribution < 1.29 is 17.6 Å². The summed E-state index contributed by atoms with van der Waals surface area (Å²) in [6.45, 7) is 4.01. The van der Waals surface area contributed by atoms with Crippen molar-refractivity contribution in [3.05, 3.63) is 93.8 Å². The average molecular weight is 507 g/mol. The topological polar surface area (TPSA) is 75.3 Å². The third-order valence-electron chi connectivity index (χ3n) is 4.87. The van der Waals surface area contributed by atoms with Crippen molar-refractivity contribution in [2.75, 3.05) is 17.0 Å². The van der Waals surface area contributed by atoms with Gasteiger partial charge < -0.3 is 5.32 Å². The minimum absolute atomic E-state index is 0.0183. The lowest BCUT2D eigenvalue weighted by atomic mass is 10.1. The van der Waals surface area contributed by atoms with Gasteiger partial charge in [0.15, 0.2) is 0 Å². The highest BCUT2D eigenvalue weighted by Crippen LogP contribution is 2.27. The fourth-order valence-corrected chi connectivity index (χ4v) is 5.53. The van der Waals surface area contributed by atoms with Crippen LogP contribution in [0.2, 0.25) is 5.02 Å². The first-order chi connectivity index (χ1) is 15.7. The summed E-state index contributed by atoms with van der Waals surface area (Å²) in [5.74, 6) is 0.405. The summed E-state index contributed by atoms with van der Waals surface area (Å²) in [4.78, 5) is 12.4. The molecule has 1 amide bonds. The minimum Gasteiger partial charge on any atom is -0.351 e. The zero-order valence-corrected chi connectivity index (χ0v) is 20.6. The number of sulfonamides is 1. The number of hydrogen-bond donors (Lipinski definition) is 2. The Bertz CT molecular complexity index is 1270. The van der Waals surface area contributed by atoms with Crippen LogP contribution in [-0.2, 0) is 15.8 Å². The van der Waals surface area contributed by atoms with Gasteiger partial charge in [-0.05, 0) is 60.9 Å². The van der Waals surface area contributed by atoms with E-state index in [1.54, 1.807) is 31.2 Å². The maximum atomic E-state index is 13.6. The van der Waals surface area contributed by atoms with Crippen molar-refractivity contribution in [2.45, 2.75) is 24.5 Å². The molecule has 0 radical (unpaired) electrons. The Hall–Kier alpha value is -2.55. The average Bonchev–Trinajstić information content (AvgIpc) is 2.77. The van der Waals surface area contributed by atoms with Gasteiger partial charge in [0.05, 0.1) is 10.7 Å². The lowest BCUT2D eigenvalue weighted by Gasteiger charge is -2.13. The molecule has 174 valence electrons. The van der Waals surface area contributed by atoms with Gasteiger partial charge in [-0.3, -0.25) is 9.52 Å². The molecule has 3 aromatic carbocycles. The molecule has 33 heavy (non-hydrogen) atoms. The molecule has 0 saturated heterocycles. The van der Waals surface area contributed by atoms with Crippen molar-refractivity contribution in [1.82, 2.24) is 5.32 Å². The van der Waals surface area contributed by atoms with E-state index < -0.39 is 15.9 Å². The highest BCUT2D eigenvalue weighted by molar-refractivity contribution is 7.98. The van der Waals surface area contributed by atoms with Gasteiger partial charge in [0, 0.05) is 23.6 Å². The molecule has 9 heteroatoms. The second kappa shape index (κ2) is 11.0. The number of carbonyl (C=O) groups excluding carboxylic acids is 1. The number of nitrogens with one attached hydrogen (secondary N) is 2. The Morgan fingerprint density at radius 3 is 2.58 bits per heavy atom. The van der Waals surface area contributed by atoms with Crippen molar-refractivity contribution in [2.24, 2.45) is 0 Å². The van der Waals surface area contributed by atoms with Gasteiger partial charge in [-0.2, -0.15) is 11.8 Å². The fraction of sp³-hybridized carbons (Fsp3) is 0.208. The van der Waals surface area contributed by atoms with Crippen LogP contribution in [0.25, 0.3) is 0 Å². The Labute approximate surface area is 202 Å². The lowest BCUT2D eigenvalue weighted by molar-refractivity contribution is 0.0956. The van der Waals surface area contributed by atoms with Crippen molar-refractivity contribution in [1.29, 1.82) is 0 Å². The fourth-order valence-electron chi connectivity index (χ4n) is 3.03. The molecule has 5 nitrogen and oxygen atoms in total. The first-order valence-corrected chi connectivity index (χ1v) is 13.2. The minimum atomic E-state index is -4.00. The second-order valence-electron chi connectivity index (χ2n) is 7.47. The molecule has 3 rings (SSSR count). The SMILES string of the molecule is Cc1ccc(C)c(NS(=O)(=O)c2cc(C(=O)NCCSCc3ccccc3F)ccc2Cl)c1. The van der Waals surface area contributed by atoms with Crippen LogP contribution >= 0.6 is 23.4 Å². The molecule has 0 heterocycles. The summed E-state index contributed by atoms with van der Waals surface area (Å²) >= 11 is 7.64. The van der Waals surface area contributed by atoms with E-state index in [1.807, 2.05) is 19.1 Å². The summed E-state index contributed by atoms with van der Waals surface area (Å²) < 4.78 is 42.1. The van der Waals surface area contributed by atoms with E-state index in [1.165, 1.54) is 36.0 Å². The van der Waals surface area contributed by atoms with Crippen LogP contribution in [-0.4, -0.2) is 26.6 Å². The van der Waals surface area contributed by atoms with Crippen LogP contribution in [0.1, 0.15) is 27.0 Å². The molecular weight excluding hydrogens is 483 g/mol. The first kappa shape index (κ1) is 25.1. The number of anilines is 1. The normalized spacial score (nSPS) is 11.3. The molecule has 0 unspecified atom stereocenters.